The number of methoxy groups -OCH3 is 1. The van der Waals surface area contributed by atoms with Gasteiger partial charge in [-0.05, 0) is 49.7 Å². The fourth-order valence-corrected chi connectivity index (χ4v) is 3.95. The van der Waals surface area contributed by atoms with Crippen molar-refractivity contribution >= 4 is 11.6 Å². The smallest absolute Gasteiger partial charge is 0.264 e. The average Bonchev–Trinajstić information content (AvgIpc) is 2.86. The minimum Gasteiger partial charge on any atom is -0.497 e. The van der Waals surface area contributed by atoms with Crippen molar-refractivity contribution < 1.29 is 9.47 Å². The van der Waals surface area contributed by atoms with E-state index in [2.05, 4.69) is 30.7 Å². The van der Waals surface area contributed by atoms with Crippen molar-refractivity contribution in [3.63, 3.8) is 0 Å². The van der Waals surface area contributed by atoms with E-state index in [9.17, 15) is 4.79 Å². The Hall–Kier alpha value is -3.71. The lowest BCUT2D eigenvalue weighted by molar-refractivity contribution is 0.288. The van der Waals surface area contributed by atoms with Gasteiger partial charge in [0.15, 0.2) is 0 Å². The van der Waals surface area contributed by atoms with E-state index in [0.717, 1.165) is 28.4 Å². The van der Waals surface area contributed by atoms with Crippen LogP contribution in [0, 0.1) is 13.8 Å². The Labute approximate surface area is 215 Å². The summed E-state index contributed by atoms with van der Waals surface area (Å²) in [7, 11) is 1.61. The van der Waals surface area contributed by atoms with Gasteiger partial charge >= 0.3 is 0 Å². The molecule has 0 atom stereocenters. The Morgan fingerprint density at radius 3 is 2.53 bits per heavy atom. The monoisotopic (exact) mass is 504 g/mol. The molecule has 4 rings (SSSR count). The second kappa shape index (κ2) is 10.1. The highest BCUT2D eigenvalue weighted by Gasteiger charge is 2.19. The van der Waals surface area contributed by atoms with Gasteiger partial charge in [0, 0.05) is 17.2 Å². The molecule has 0 fully saturated rings. The maximum Gasteiger partial charge on any atom is 0.264 e. The first-order valence-corrected chi connectivity index (χ1v) is 12.0. The number of halogens is 1. The number of rotatable bonds is 6. The minimum atomic E-state index is -0.250. The summed E-state index contributed by atoms with van der Waals surface area (Å²) in [6, 6.07) is 14.9. The molecule has 0 aliphatic rings. The number of hydrogen-bond acceptors (Lipinski definition) is 6. The van der Waals surface area contributed by atoms with Gasteiger partial charge in [0.1, 0.15) is 24.0 Å². The molecule has 0 aliphatic heterocycles. The van der Waals surface area contributed by atoms with E-state index in [1.165, 1.54) is 4.57 Å². The molecule has 7 nitrogen and oxygen atoms in total. The molecule has 0 aliphatic carbocycles. The summed E-state index contributed by atoms with van der Waals surface area (Å²) in [4.78, 5) is 27.2. The molecule has 0 bridgehead atoms. The Bertz CT molecular complexity index is 1470. The molecule has 0 spiro atoms. The fraction of sp³-hybridized carbons (Fsp3) is 0.286. The van der Waals surface area contributed by atoms with E-state index in [4.69, 9.17) is 26.1 Å². The molecule has 0 saturated carbocycles. The van der Waals surface area contributed by atoms with Crippen molar-refractivity contribution in [2.75, 3.05) is 7.11 Å². The number of aromatic nitrogens is 4. The standard InChI is InChI=1S/C28H29ClN4O3/c1-17-25(36-16-19-8-7-9-21(14-19)35-6)31-18(2)33(26(17)34)24-15-20(10-11-22(24)29)23-12-13-30-27(32-23)28(3,4)5/h7-15H,16H2,1-6H3. The zero-order valence-corrected chi connectivity index (χ0v) is 22.1. The lowest BCUT2D eigenvalue weighted by Gasteiger charge is -2.18. The maximum absolute atomic E-state index is 13.4. The van der Waals surface area contributed by atoms with Crippen molar-refractivity contribution in [1.82, 2.24) is 19.5 Å². The van der Waals surface area contributed by atoms with E-state index >= 15 is 0 Å². The predicted octanol–water partition coefficient (Wildman–Crippen LogP) is 5.84. The number of aryl methyl sites for hydroxylation is 1. The lowest BCUT2D eigenvalue weighted by Crippen LogP contribution is -2.25. The van der Waals surface area contributed by atoms with Gasteiger partial charge in [-0.25, -0.2) is 9.97 Å². The number of ether oxygens (including phenoxy) is 2. The van der Waals surface area contributed by atoms with Crippen LogP contribution in [0.3, 0.4) is 0 Å². The largest absolute Gasteiger partial charge is 0.497 e. The molecule has 0 saturated heterocycles. The summed E-state index contributed by atoms with van der Waals surface area (Å²) in [6.45, 7) is 9.90. The number of hydrogen-bond donors (Lipinski definition) is 0. The fourth-order valence-electron chi connectivity index (χ4n) is 3.75. The summed E-state index contributed by atoms with van der Waals surface area (Å²) in [5.41, 5.74) is 2.96. The summed E-state index contributed by atoms with van der Waals surface area (Å²) in [5.74, 6) is 2.22. The highest BCUT2D eigenvalue weighted by molar-refractivity contribution is 6.32. The maximum atomic E-state index is 13.4. The highest BCUT2D eigenvalue weighted by atomic mass is 35.5. The van der Waals surface area contributed by atoms with Crippen LogP contribution in [0.25, 0.3) is 16.9 Å². The van der Waals surface area contributed by atoms with Crippen LogP contribution in [0.2, 0.25) is 5.02 Å². The molecule has 0 amide bonds. The molecule has 0 radical (unpaired) electrons. The molecule has 0 N–H and O–H groups in total. The van der Waals surface area contributed by atoms with Crippen molar-refractivity contribution in [3.8, 4) is 28.6 Å². The molecule has 2 aromatic heterocycles. The van der Waals surface area contributed by atoms with Crippen LogP contribution in [0.5, 0.6) is 11.6 Å². The molecule has 2 aromatic carbocycles. The van der Waals surface area contributed by atoms with Gasteiger partial charge < -0.3 is 9.47 Å². The summed E-state index contributed by atoms with van der Waals surface area (Å²) in [6.07, 6.45) is 1.74. The first-order chi connectivity index (χ1) is 17.1. The van der Waals surface area contributed by atoms with Gasteiger partial charge in [0.05, 0.1) is 29.1 Å². The zero-order chi connectivity index (χ0) is 26.0. The van der Waals surface area contributed by atoms with E-state index in [-0.39, 0.29) is 23.5 Å². The topological polar surface area (TPSA) is 79.1 Å². The third kappa shape index (κ3) is 5.26. The first kappa shape index (κ1) is 25.4. The van der Waals surface area contributed by atoms with E-state index in [0.29, 0.717) is 22.1 Å². The minimum absolute atomic E-state index is 0.194. The number of benzene rings is 2. The highest BCUT2D eigenvalue weighted by Crippen LogP contribution is 2.29. The van der Waals surface area contributed by atoms with Crippen molar-refractivity contribution in [3.05, 3.63) is 92.9 Å². The predicted molar refractivity (Wildman–Crippen MR) is 141 cm³/mol. The molecule has 0 unspecified atom stereocenters. The molecule has 4 aromatic rings. The molecule has 8 heteroatoms. The van der Waals surface area contributed by atoms with E-state index < -0.39 is 0 Å². The van der Waals surface area contributed by atoms with E-state index in [1.807, 2.05) is 42.5 Å². The van der Waals surface area contributed by atoms with Crippen molar-refractivity contribution in [2.45, 2.75) is 46.6 Å². The zero-order valence-electron chi connectivity index (χ0n) is 21.3. The van der Waals surface area contributed by atoms with Crippen LogP contribution in [-0.2, 0) is 12.0 Å². The summed E-state index contributed by atoms with van der Waals surface area (Å²) >= 11 is 6.56. The van der Waals surface area contributed by atoms with Crippen molar-refractivity contribution in [2.24, 2.45) is 0 Å². The van der Waals surface area contributed by atoms with Crippen LogP contribution in [0.15, 0.2) is 59.5 Å². The van der Waals surface area contributed by atoms with Gasteiger partial charge in [0.2, 0.25) is 5.88 Å². The van der Waals surface area contributed by atoms with Crippen LogP contribution < -0.4 is 15.0 Å². The Morgan fingerprint density at radius 1 is 1.03 bits per heavy atom. The van der Waals surface area contributed by atoms with Gasteiger partial charge in [-0.1, -0.05) is 50.6 Å². The van der Waals surface area contributed by atoms with Crippen molar-refractivity contribution in [1.29, 1.82) is 0 Å². The van der Waals surface area contributed by atoms with E-state index in [1.54, 1.807) is 33.2 Å². The lowest BCUT2D eigenvalue weighted by atomic mass is 9.95. The van der Waals surface area contributed by atoms with Crippen LogP contribution in [0.1, 0.15) is 43.5 Å². The Balaban J connectivity index is 1.71. The van der Waals surface area contributed by atoms with Gasteiger partial charge in [-0.15, -0.1) is 0 Å². The molecule has 186 valence electrons. The second-order valence-corrected chi connectivity index (χ2v) is 9.96. The van der Waals surface area contributed by atoms with Gasteiger partial charge in [0.25, 0.3) is 5.56 Å². The van der Waals surface area contributed by atoms with Gasteiger partial charge in [-0.3, -0.25) is 9.36 Å². The summed E-state index contributed by atoms with van der Waals surface area (Å²) < 4.78 is 12.7. The quantitative estimate of drug-likeness (QED) is 0.328. The van der Waals surface area contributed by atoms with Crippen LogP contribution >= 0.6 is 11.6 Å². The average molecular weight is 505 g/mol. The van der Waals surface area contributed by atoms with Crippen LogP contribution in [-0.4, -0.2) is 26.6 Å². The molecular weight excluding hydrogens is 476 g/mol. The SMILES string of the molecule is COc1cccc(COc2nc(C)n(-c3cc(-c4ccnc(C(C)(C)C)n4)ccc3Cl)c(=O)c2C)c1. The third-order valence-corrected chi connectivity index (χ3v) is 6.07. The molecule has 2 heterocycles. The summed E-state index contributed by atoms with van der Waals surface area (Å²) in [5, 5.41) is 0.431. The third-order valence-electron chi connectivity index (χ3n) is 5.75. The normalized spacial score (nSPS) is 11.4. The number of nitrogens with zero attached hydrogens (tertiary/aromatic N) is 4. The van der Waals surface area contributed by atoms with Gasteiger partial charge in [-0.2, -0.15) is 4.98 Å². The Morgan fingerprint density at radius 2 is 1.81 bits per heavy atom. The first-order valence-electron chi connectivity index (χ1n) is 11.6. The Kier molecular flexibility index (Phi) is 7.13. The molecular formula is C28H29ClN4O3. The van der Waals surface area contributed by atoms with Crippen LogP contribution in [0.4, 0.5) is 0 Å². The molecule has 36 heavy (non-hydrogen) atoms. The second-order valence-electron chi connectivity index (χ2n) is 9.55.